The molecule has 1 rings (SSSR count). The summed E-state index contributed by atoms with van der Waals surface area (Å²) in [5.74, 6) is 0. The SMILES string of the molecule is N#CNc1ccc(SC(F)(F)F)cc1. The molecule has 1 aromatic carbocycles. The summed E-state index contributed by atoms with van der Waals surface area (Å²) < 4.78 is 35.7. The molecule has 74 valence electrons. The quantitative estimate of drug-likeness (QED) is 0.470. The van der Waals surface area contributed by atoms with Crippen molar-refractivity contribution in [3.8, 4) is 6.19 Å². The van der Waals surface area contributed by atoms with Gasteiger partial charge in [-0.25, -0.2) is 0 Å². The van der Waals surface area contributed by atoms with Gasteiger partial charge in [0.1, 0.15) is 0 Å². The van der Waals surface area contributed by atoms with Crippen LogP contribution in [0.4, 0.5) is 18.9 Å². The van der Waals surface area contributed by atoms with E-state index in [-0.39, 0.29) is 16.7 Å². The van der Waals surface area contributed by atoms with Crippen LogP contribution in [0.5, 0.6) is 0 Å². The molecule has 1 aromatic rings. The van der Waals surface area contributed by atoms with Crippen molar-refractivity contribution in [1.82, 2.24) is 0 Å². The van der Waals surface area contributed by atoms with Gasteiger partial charge in [-0.2, -0.15) is 18.4 Å². The summed E-state index contributed by atoms with van der Waals surface area (Å²) >= 11 is -0.183. The lowest BCUT2D eigenvalue weighted by Crippen LogP contribution is -1.98. The fourth-order valence-electron chi connectivity index (χ4n) is 0.804. The molecule has 0 aliphatic carbocycles. The third-order valence-corrected chi connectivity index (χ3v) is 2.03. The fourth-order valence-corrected chi connectivity index (χ4v) is 1.34. The van der Waals surface area contributed by atoms with Crippen LogP contribution in [0.1, 0.15) is 0 Å². The molecule has 0 atom stereocenters. The van der Waals surface area contributed by atoms with Crippen LogP contribution in [0.15, 0.2) is 29.2 Å². The van der Waals surface area contributed by atoms with Gasteiger partial charge in [0, 0.05) is 10.6 Å². The van der Waals surface area contributed by atoms with Crippen LogP contribution in [0.25, 0.3) is 0 Å². The van der Waals surface area contributed by atoms with Crippen molar-refractivity contribution in [2.75, 3.05) is 5.32 Å². The summed E-state index contributed by atoms with van der Waals surface area (Å²) in [6, 6.07) is 5.43. The van der Waals surface area contributed by atoms with Crippen molar-refractivity contribution in [1.29, 1.82) is 5.26 Å². The molecule has 0 amide bonds. The van der Waals surface area contributed by atoms with Crippen molar-refractivity contribution in [3.05, 3.63) is 24.3 Å². The molecular weight excluding hydrogens is 213 g/mol. The van der Waals surface area contributed by atoms with E-state index in [1.165, 1.54) is 24.3 Å². The highest BCUT2D eigenvalue weighted by Gasteiger charge is 2.28. The molecule has 6 heteroatoms. The van der Waals surface area contributed by atoms with Gasteiger partial charge in [0.25, 0.3) is 0 Å². The third kappa shape index (κ3) is 3.58. The Labute approximate surface area is 82.7 Å². The Bertz CT molecular complexity index is 339. The molecule has 0 unspecified atom stereocenters. The minimum absolute atomic E-state index is 0.0981. The molecular formula is C8H5F3N2S. The summed E-state index contributed by atoms with van der Waals surface area (Å²) in [6.45, 7) is 0. The standard InChI is InChI=1S/C8H5F3N2S/c9-8(10,11)14-7-3-1-6(2-4-7)13-5-12/h1-4,13H. The molecule has 0 radical (unpaired) electrons. The molecule has 0 aliphatic heterocycles. The molecule has 14 heavy (non-hydrogen) atoms. The van der Waals surface area contributed by atoms with Crippen LogP contribution in [-0.2, 0) is 0 Å². The van der Waals surface area contributed by atoms with Crippen LogP contribution in [0, 0.1) is 11.5 Å². The van der Waals surface area contributed by atoms with E-state index >= 15 is 0 Å². The number of nitriles is 1. The first-order chi connectivity index (χ1) is 6.51. The summed E-state index contributed by atoms with van der Waals surface area (Å²) in [6.07, 6.45) is 1.67. The Kier molecular flexibility index (Phi) is 3.25. The van der Waals surface area contributed by atoms with Gasteiger partial charge in [-0.1, -0.05) is 0 Å². The number of benzene rings is 1. The second-order valence-electron chi connectivity index (χ2n) is 2.31. The number of hydrogen-bond acceptors (Lipinski definition) is 3. The number of halogens is 3. The number of hydrogen-bond donors (Lipinski definition) is 1. The Morgan fingerprint density at radius 3 is 2.21 bits per heavy atom. The zero-order valence-electron chi connectivity index (χ0n) is 6.80. The topological polar surface area (TPSA) is 35.8 Å². The molecule has 0 spiro atoms. The first-order valence-electron chi connectivity index (χ1n) is 3.52. The molecule has 0 fully saturated rings. The largest absolute Gasteiger partial charge is 0.446 e. The van der Waals surface area contributed by atoms with Gasteiger partial charge in [0.2, 0.25) is 0 Å². The summed E-state index contributed by atoms with van der Waals surface area (Å²) in [7, 11) is 0. The second-order valence-corrected chi connectivity index (χ2v) is 3.45. The second kappa shape index (κ2) is 4.24. The molecule has 0 aliphatic rings. The zero-order valence-corrected chi connectivity index (χ0v) is 7.62. The van der Waals surface area contributed by atoms with E-state index in [4.69, 9.17) is 5.26 Å². The van der Waals surface area contributed by atoms with Gasteiger partial charge in [-0.15, -0.1) is 0 Å². The predicted octanol–water partition coefficient (Wildman–Crippen LogP) is 3.19. The van der Waals surface area contributed by atoms with E-state index in [0.29, 0.717) is 5.69 Å². The van der Waals surface area contributed by atoms with Gasteiger partial charge in [0.05, 0.1) is 0 Å². The monoisotopic (exact) mass is 218 g/mol. The van der Waals surface area contributed by atoms with Gasteiger partial charge >= 0.3 is 5.51 Å². The maximum Gasteiger partial charge on any atom is 0.446 e. The normalized spacial score (nSPS) is 10.7. The molecule has 0 bridgehead atoms. The van der Waals surface area contributed by atoms with Crippen LogP contribution >= 0.6 is 11.8 Å². The van der Waals surface area contributed by atoms with E-state index in [9.17, 15) is 13.2 Å². The number of anilines is 1. The Hall–Kier alpha value is -1.35. The number of alkyl halides is 3. The van der Waals surface area contributed by atoms with Crippen LogP contribution < -0.4 is 5.32 Å². The molecule has 1 N–H and O–H groups in total. The van der Waals surface area contributed by atoms with E-state index in [0.717, 1.165) is 0 Å². The summed E-state index contributed by atoms with van der Waals surface area (Å²) in [5, 5.41) is 10.5. The molecule has 0 saturated heterocycles. The van der Waals surface area contributed by atoms with Crippen molar-refractivity contribution >= 4 is 17.4 Å². The van der Waals surface area contributed by atoms with Gasteiger partial charge in [-0.3, -0.25) is 5.32 Å². The molecule has 0 aromatic heterocycles. The zero-order chi connectivity index (χ0) is 10.6. The van der Waals surface area contributed by atoms with Gasteiger partial charge in [0.15, 0.2) is 6.19 Å². The number of rotatable bonds is 2. The highest BCUT2D eigenvalue weighted by atomic mass is 32.2. The van der Waals surface area contributed by atoms with Crippen molar-refractivity contribution in [3.63, 3.8) is 0 Å². The lowest BCUT2D eigenvalue weighted by Gasteiger charge is -2.05. The minimum atomic E-state index is -4.27. The lowest BCUT2D eigenvalue weighted by molar-refractivity contribution is -0.0328. The number of nitrogens with zero attached hydrogens (tertiary/aromatic N) is 1. The van der Waals surface area contributed by atoms with Crippen molar-refractivity contribution in [2.24, 2.45) is 0 Å². The number of thioether (sulfide) groups is 1. The Morgan fingerprint density at radius 2 is 1.79 bits per heavy atom. The van der Waals surface area contributed by atoms with Crippen molar-refractivity contribution < 1.29 is 13.2 Å². The molecule has 0 heterocycles. The maximum absolute atomic E-state index is 11.9. The average Bonchev–Trinajstić information content (AvgIpc) is 2.06. The van der Waals surface area contributed by atoms with E-state index < -0.39 is 5.51 Å². The first kappa shape index (κ1) is 10.7. The maximum atomic E-state index is 11.9. The summed E-state index contributed by atoms with van der Waals surface area (Å²) in [4.78, 5) is 0.0981. The molecule has 0 saturated carbocycles. The average molecular weight is 218 g/mol. The Balaban J connectivity index is 2.70. The van der Waals surface area contributed by atoms with Crippen LogP contribution in [0.3, 0.4) is 0 Å². The van der Waals surface area contributed by atoms with Crippen LogP contribution in [-0.4, -0.2) is 5.51 Å². The van der Waals surface area contributed by atoms with E-state index in [1.807, 2.05) is 0 Å². The first-order valence-corrected chi connectivity index (χ1v) is 4.34. The number of nitrogens with one attached hydrogen (secondary N) is 1. The predicted molar refractivity (Wildman–Crippen MR) is 47.6 cm³/mol. The Morgan fingerprint density at radius 1 is 1.21 bits per heavy atom. The molecule has 2 nitrogen and oxygen atoms in total. The minimum Gasteiger partial charge on any atom is -0.293 e. The van der Waals surface area contributed by atoms with Gasteiger partial charge < -0.3 is 0 Å². The highest BCUT2D eigenvalue weighted by molar-refractivity contribution is 8.00. The van der Waals surface area contributed by atoms with E-state index in [1.54, 1.807) is 6.19 Å². The van der Waals surface area contributed by atoms with Crippen LogP contribution in [0.2, 0.25) is 0 Å². The fraction of sp³-hybridized carbons (Fsp3) is 0.125. The lowest BCUT2D eigenvalue weighted by atomic mass is 10.3. The third-order valence-electron chi connectivity index (χ3n) is 1.29. The van der Waals surface area contributed by atoms with Gasteiger partial charge in [-0.05, 0) is 36.0 Å². The summed E-state index contributed by atoms with van der Waals surface area (Å²) in [5.41, 5.74) is -3.80. The van der Waals surface area contributed by atoms with E-state index in [2.05, 4.69) is 5.32 Å². The smallest absolute Gasteiger partial charge is 0.293 e. The highest BCUT2D eigenvalue weighted by Crippen LogP contribution is 2.36. The van der Waals surface area contributed by atoms with Crippen molar-refractivity contribution in [2.45, 2.75) is 10.4 Å².